The quantitative estimate of drug-likeness (QED) is 0.521. The van der Waals surface area contributed by atoms with Crippen LogP contribution in [0.2, 0.25) is 0 Å². The van der Waals surface area contributed by atoms with Crippen LogP contribution in [0.5, 0.6) is 5.75 Å². The summed E-state index contributed by atoms with van der Waals surface area (Å²) in [4.78, 5) is 18.1. The summed E-state index contributed by atoms with van der Waals surface area (Å²) in [6.45, 7) is 4.67. The number of hydrogen-bond acceptors (Lipinski definition) is 4. The average Bonchev–Trinajstić information content (AvgIpc) is 2.70. The zero-order valence-corrected chi connectivity index (χ0v) is 16.9. The summed E-state index contributed by atoms with van der Waals surface area (Å²) in [5.74, 6) is 0.689. The van der Waals surface area contributed by atoms with Gasteiger partial charge in [-0.25, -0.2) is 0 Å². The number of carbonyl (C=O) groups excluding carboxylic acids is 1. The van der Waals surface area contributed by atoms with E-state index >= 15 is 0 Å². The van der Waals surface area contributed by atoms with Gasteiger partial charge in [0.25, 0.3) is 5.91 Å². The highest BCUT2D eigenvalue weighted by Crippen LogP contribution is 2.33. The molecule has 148 valence electrons. The molecule has 2 heterocycles. The van der Waals surface area contributed by atoms with Crippen molar-refractivity contribution in [1.29, 1.82) is 0 Å². The van der Waals surface area contributed by atoms with E-state index in [4.69, 9.17) is 21.7 Å². The molecule has 0 radical (unpaired) electrons. The van der Waals surface area contributed by atoms with Gasteiger partial charge in [-0.05, 0) is 24.4 Å². The van der Waals surface area contributed by atoms with Crippen LogP contribution in [0.15, 0.2) is 24.3 Å². The Morgan fingerprint density at radius 2 is 2.04 bits per heavy atom. The second kappa shape index (κ2) is 9.34. The maximum Gasteiger partial charge on any atom is 0.265 e. The Bertz CT molecular complexity index is 664. The number of ether oxygens (including phenoxy) is 2. The summed E-state index contributed by atoms with van der Waals surface area (Å²) < 4.78 is 11.4. The Balaban J connectivity index is 1.68. The van der Waals surface area contributed by atoms with Gasteiger partial charge in [-0.3, -0.25) is 4.79 Å². The van der Waals surface area contributed by atoms with E-state index in [0.29, 0.717) is 43.7 Å². The molecule has 1 atom stereocenters. The van der Waals surface area contributed by atoms with E-state index in [9.17, 15) is 4.79 Å². The lowest BCUT2D eigenvalue weighted by molar-refractivity contribution is -0.858. The number of nitrogens with zero attached hydrogens (tertiary/aromatic N) is 2. The molecule has 0 bridgehead atoms. The third-order valence-corrected chi connectivity index (χ3v) is 5.11. The highest BCUT2D eigenvalue weighted by Gasteiger charge is 2.35. The number of morpholine rings is 1. The van der Waals surface area contributed by atoms with Gasteiger partial charge in [-0.15, -0.1) is 0 Å². The van der Waals surface area contributed by atoms with E-state index < -0.39 is 6.10 Å². The topological polar surface area (TPSA) is 58.5 Å². The molecule has 27 heavy (non-hydrogen) atoms. The second-order valence-electron chi connectivity index (χ2n) is 7.17. The average molecular weight is 394 g/mol. The fraction of sp³-hybridized carbons (Fsp3) is 0.579. The maximum absolute atomic E-state index is 12.9. The van der Waals surface area contributed by atoms with Crippen LogP contribution in [0.25, 0.3) is 0 Å². The fourth-order valence-corrected chi connectivity index (χ4v) is 3.55. The van der Waals surface area contributed by atoms with E-state index in [0.717, 1.165) is 25.2 Å². The number of fused-ring (bicyclic) bond motifs is 1. The Morgan fingerprint density at radius 1 is 1.30 bits per heavy atom. The van der Waals surface area contributed by atoms with E-state index in [1.807, 2.05) is 34.1 Å². The number of para-hydroxylation sites is 2. The lowest BCUT2D eigenvalue weighted by Gasteiger charge is -2.38. The predicted octanol–water partition coefficient (Wildman–Crippen LogP) is -0.478. The first kappa shape index (κ1) is 19.9. The SMILES string of the molecule is C[NH+](C)CCCNC(=S)N1C[C@H](C(=O)N2CCOCC2)Oc2ccccc21. The van der Waals surface area contributed by atoms with E-state index in [-0.39, 0.29) is 5.91 Å². The summed E-state index contributed by atoms with van der Waals surface area (Å²) >= 11 is 5.63. The molecule has 1 aromatic carbocycles. The lowest BCUT2D eigenvalue weighted by atomic mass is 10.1. The standard InChI is InChI=1S/C19H28N4O3S/c1-21(2)9-5-8-20-19(27)23-14-17(18(24)22-10-12-25-13-11-22)26-16-7-4-3-6-15(16)23/h3-4,6-7,17H,5,8-14H2,1-2H3,(H,20,27)/p+1/t17-/m1/s1. The zero-order chi connectivity index (χ0) is 19.2. The number of thiocarbonyl (C=S) groups is 1. The van der Waals surface area contributed by atoms with Crippen molar-refractivity contribution in [2.75, 3.05) is 64.9 Å². The van der Waals surface area contributed by atoms with Crippen molar-refractivity contribution in [3.05, 3.63) is 24.3 Å². The molecule has 1 aromatic rings. The summed E-state index contributed by atoms with van der Waals surface area (Å²) in [5.41, 5.74) is 0.902. The Hall–Kier alpha value is -1.90. The molecule has 0 aliphatic carbocycles. The molecular formula is C19H29N4O3S+. The van der Waals surface area contributed by atoms with Crippen molar-refractivity contribution in [3.8, 4) is 5.75 Å². The van der Waals surface area contributed by atoms with Crippen LogP contribution in [0.3, 0.4) is 0 Å². The number of nitrogens with one attached hydrogen (secondary N) is 2. The highest BCUT2D eigenvalue weighted by molar-refractivity contribution is 7.80. The molecule has 7 nitrogen and oxygen atoms in total. The second-order valence-corrected chi connectivity index (χ2v) is 7.55. The number of quaternary nitrogens is 1. The predicted molar refractivity (Wildman–Crippen MR) is 108 cm³/mol. The first-order valence-electron chi connectivity index (χ1n) is 9.53. The summed E-state index contributed by atoms with van der Waals surface area (Å²) in [6, 6.07) is 7.73. The number of rotatable bonds is 5. The van der Waals surface area contributed by atoms with E-state index in [1.165, 1.54) is 4.90 Å². The third kappa shape index (κ3) is 5.09. The lowest BCUT2D eigenvalue weighted by Crippen LogP contribution is -3.05. The van der Waals surface area contributed by atoms with Crippen LogP contribution >= 0.6 is 12.2 Å². The zero-order valence-electron chi connectivity index (χ0n) is 16.1. The van der Waals surface area contributed by atoms with Crippen LogP contribution in [0.4, 0.5) is 5.69 Å². The van der Waals surface area contributed by atoms with Gasteiger partial charge in [-0.1, -0.05) is 12.1 Å². The third-order valence-electron chi connectivity index (χ3n) is 4.75. The molecular weight excluding hydrogens is 364 g/mol. The Morgan fingerprint density at radius 3 is 2.78 bits per heavy atom. The normalized spacial score (nSPS) is 19.4. The molecule has 0 spiro atoms. The monoisotopic (exact) mass is 393 g/mol. The van der Waals surface area contributed by atoms with Gasteiger partial charge >= 0.3 is 0 Å². The smallest absolute Gasteiger partial charge is 0.265 e. The van der Waals surface area contributed by atoms with Crippen LogP contribution in [0.1, 0.15) is 6.42 Å². The molecule has 3 rings (SSSR count). The number of carbonyl (C=O) groups is 1. The largest absolute Gasteiger partial charge is 0.476 e. The molecule has 0 aromatic heterocycles. The molecule has 0 unspecified atom stereocenters. The number of hydrogen-bond donors (Lipinski definition) is 2. The van der Waals surface area contributed by atoms with Crippen molar-refractivity contribution in [2.24, 2.45) is 0 Å². The molecule has 2 aliphatic heterocycles. The summed E-state index contributed by atoms with van der Waals surface area (Å²) in [6.07, 6.45) is 0.467. The minimum Gasteiger partial charge on any atom is -0.476 e. The number of amides is 1. The van der Waals surface area contributed by atoms with E-state index in [2.05, 4.69) is 19.4 Å². The van der Waals surface area contributed by atoms with Crippen molar-refractivity contribution in [3.63, 3.8) is 0 Å². The fourth-order valence-electron chi connectivity index (χ4n) is 3.28. The van der Waals surface area contributed by atoms with Gasteiger partial charge < -0.3 is 29.5 Å². The Labute approximate surface area is 166 Å². The van der Waals surface area contributed by atoms with Crippen LogP contribution < -0.4 is 19.9 Å². The van der Waals surface area contributed by atoms with Crippen LogP contribution in [-0.2, 0) is 9.53 Å². The minimum atomic E-state index is -0.566. The summed E-state index contributed by atoms with van der Waals surface area (Å²) in [5, 5.41) is 3.97. The van der Waals surface area contributed by atoms with Crippen LogP contribution in [-0.4, -0.2) is 82.1 Å². The van der Waals surface area contributed by atoms with Gasteiger partial charge in [0.2, 0.25) is 0 Å². The van der Waals surface area contributed by atoms with Gasteiger partial charge in [-0.2, -0.15) is 0 Å². The highest BCUT2D eigenvalue weighted by atomic mass is 32.1. The molecule has 1 amide bonds. The van der Waals surface area contributed by atoms with Crippen molar-refractivity contribution >= 4 is 28.9 Å². The molecule has 0 saturated carbocycles. The van der Waals surface area contributed by atoms with Crippen molar-refractivity contribution in [2.45, 2.75) is 12.5 Å². The molecule has 1 saturated heterocycles. The first-order valence-corrected chi connectivity index (χ1v) is 9.93. The van der Waals surface area contributed by atoms with Gasteiger partial charge in [0.1, 0.15) is 5.75 Å². The van der Waals surface area contributed by atoms with Crippen molar-refractivity contribution < 1.29 is 19.2 Å². The number of benzene rings is 1. The van der Waals surface area contributed by atoms with Gasteiger partial charge in [0, 0.05) is 26.1 Å². The number of anilines is 1. The van der Waals surface area contributed by atoms with Gasteiger partial charge in [0.15, 0.2) is 11.2 Å². The Kier molecular flexibility index (Phi) is 6.87. The summed E-state index contributed by atoms with van der Waals surface area (Å²) in [7, 11) is 4.27. The van der Waals surface area contributed by atoms with E-state index in [1.54, 1.807) is 0 Å². The van der Waals surface area contributed by atoms with Crippen molar-refractivity contribution in [1.82, 2.24) is 10.2 Å². The minimum absolute atomic E-state index is 0.00295. The maximum atomic E-state index is 12.9. The van der Waals surface area contributed by atoms with Gasteiger partial charge in [0.05, 0.1) is 46.1 Å². The molecule has 2 N–H and O–H groups in total. The molecule has 1 fully saturated rings. The molecule has 8 heteroatoms. The first-order chi connectivity index (χ1) is 13.1. The molecule has 2 aliphatic rings. The van der Waals surface area contributed by atoms with Crippen LogP contribution in [0, 0.1) is 0 Å².